The Balaban J connectivity index is 1.35. The van der Waals surface area contributed by atoms with Crippen LogP contribution in [0, 0.1) is 5.82 Å². The molecule has 15 heteroatoms. The smallest absolute Gasteiger partial charge is 0.292 e. The first-order valence-electron chi connectivity index (χ1n) is 11.8. The summed E-state index contributed by atoms with van der Waals surface area (Å²) in [6.45, 7) is 3.02. The van der Waals surface area contributed by atoms with Gasteiger partial charge in [0.25, 0.3) is 5.91 Å². The highest BCUT2D eigenvalue weighted by Crippen LogP contribution is 2.23. The van der Waals surface area contributed by atoms with Crippen LogP contribution in [0.5, 0.6) is 5.75 Å². The summed E-state index contributed by atoms with van der Waals surface area (Å²) >= 11 is 3.43. The zero-order chi connectivity index (χ0) is 27.2. The van der Waals surface area contributed by atoms with Crippen molar-refractivity contribution in [3.05, 3.63) is 75.3 Å². The largest absolute Gasteiger partial charge is 0.488 e. The third-order valence-electron chi connectivity index (χ3n) is 5.75. The number of nitrogens with one attached hydrogen (secondary N) is 1. The van der Waals surface area contributed by atoms with Crippen LogP contribution in [0.25, 0.3) is 5.82 Å². The molecule has 1 aliphatic heterocycles. The summed E-state index contributed by atoms with van der Waals surface area (Å²) in [5.41, 5.74) is 10.1. The van der Waals surface area contributed by atoms with Crippen LogP contribution in [-0.2, 0) is 17.9 Å². The molecule has 1 aliphatic rings. The van der Waals surface area contributed by atoms with Gasteiger partial charge >= 0.3 is 0 Å². The number of morpholine rings is 1. The number of nitrogens with zero attached hydrogens (tertiary/aromatic N) is 7. The van der Waals surface area contributed by atoms with E-state index in [4.69, 9.17) is 15.2 Å². The maximum Gasteiger partial charge on any atom is 0.292 e. The van der Waals surface area contributed by atoms with Crippen LogP contribution in [0.1, 0.15) is 27.3 Å². The molecule has 3 N–H and O–H groups in total. The van der Waals surface area contributed by atoms with Gasteiger partial charge < -0.3 is 15.2 Å². The van der Waals surface area contributed by atoms with E-state index >= 15 is 0 Å². The number of aromatic nitrogens is 5. The van der Waals surface area contributed by atoms with Crippen molar-refractivity contribution in [2.45, 2.75) is 13.2 Å². The lowest BCUT2D eigenvalue weighted by molar-refractivity contribution is 0.0335. The number of carbonyl (C=O) groups excluding carboxylic acids is 1. The van der Waals surface area contributed by atoms with Crippen molar-refractivity contribution >= 4 is 33.9 Å². The first kappa shape index (κ1) is 26.4. The maximum absolute atomic E-state index is 13.5. The Bertz CT molecular complexity index is 1490. The molecule has 0 atom stereocenters. The molecular weight excluding hydrogens is 577 g/mol. The van der Waals surface area contributed by atoms with E-state index in [1.54, 1.807) is 30.3 Å². The lowest BCUT2D eigenvalue weighted by Gasteiger charge is -2.25. The molecular formula is C24H23BrFN9O4. The molecule has 2 aromatic carbocycles. The van der Waals surface area contributed by atoms with Gasteiger partial charge in [-0.25, -0.2) is 14.4 Å². The predicted octanol–water partition coefficient (Wildman–Crippen LogP) is 2.31. The van der Waals surface area contributed by atoms with E-state index in [1.165, 1.54) is 23.0 Å². The number of hydrazone groups is 1. The van der Waals surface area contributed by atoms with Crippen molar-refractivity contribution < 1.29 is 23.3 Å². The fourth-order valence-electron chi connectivity index (χ4n) is 3.86. The maximum atomic E-state index is 13.5. The number of benzene rings is 2. The molecule has 202 valence electrons. The number of nitrogen functional groups attached to an aromatic ring is 1. The summed E-state index contributed by atoms with van der Waals surface area (Å²) in [4.78, 5) is 15.4. The van der Waals surface area contributed by atoms with E-state index in [0.29, 0.717) is 55.4 Å². The third-order valence-corrected chi connectivity index (χ3v) is 6.25. The van der Waals surface area contributed by atoms with Crippen molar-refractivity contribution in [1.82, 2.24) is 35.6 Å². The number of carbonyl (C=O) groups is 1. The quantitative estimate of drug-likeness (QED) is 0.216. The zero-order valence-corrected chi connectivity index (χ0v) is 22.0. The lowest BCUT2D eigenvalue weighted by atomic mass is 10.2. The summed E-state index contributed by atoms with van der Waals surface area (Å²) in [7, 11) is 0. The average Bonchev–Trinajstić information content (AvgIpc) is 3.54. The highest BCUT2D eigenvalue weighted by Gasteiger charge is 2.26. The van der Waals surface area contributed by atoms with Crippen LogP contribution in [0.4, 0.5) is 10.2 Å². The van der Waals surface area contributed by atoms with Crippen molar-refractivity contribution in [2.75, 3.05) is 32.0 Å². The Labute approximate surface area is 229 Å². The van der Waals surface area contributed by atoms with E-state index in [-0.39, 0.29) is 29.8 Å². The molecule has 3 heterocycles. The molecule has 0 spiro atoms. The monoisotopic (exact) mass is 599 g/mol. The standard InChI is InChI=1S/C24H23BrFN9O4/c25-17-4-5-20(38-14-15-2-1-3-18(26)10-15)16(11-17)12-28-30-24(36)21-19(13-34-6-8-37-9-7-34)29-33-35(21)23-22(27)31-39-32-23/h1-5,10-12H,6-9,13-14H2,(H2,27,31)(H,30,36)/b28-12-. The number of hydrogen-bond donors (Lipinski definition) is 2. The third kappa shape index (κ3) is 6.45. The Morgan fingerprint density at radius 3 is 2.85 bits per heavy atom. The zero-order valence-electron chi connectivity index (χ0n) is 20.5. The second-order valence-electron chi connectivity index (χ2n) is 8.46. The molecule has 0 bridgehead atoms. The Morgan fingerprint density at radius 1 is 1.23 bits per heavy atom. The van der Waals surface area contributed by atoms with Crippen LogP contribution in [0.15, 0.2) is 56.7 Å². The second kappa shape index (κ2) is 12.1. The Kier molecular flexibility index (Phi) is 8.19. The normalized spacial score (nSPS) is 14.1. The van der Waals surface area contributed by atoms with E-state index in [2.05, 4.69) is 56.6 Å². The first-order chi connectivity index (χ1) is 19.0. The molecule has 0 aliphatic carbocycles. The van der Waals surface area contributed by atoms with Crippen molar-refractivity contribution in [3.8, 4) is 11.6 Å². The number of rotatable bonds is 9. The fraction of sp³-hybridized carbons (Fsp3) is 0.250. The summed E-state index contributed by atoms with van der Waals surface area (Å²) in [6.07, 6.45) is 1.44. The molecule has 0 saturated carbocycles. The highest BCUT2D eigenvalue weighted by atomic mass is 79.9. The Morgan fingerprint density at radius 2 is 2.08 bits per heavy atom. The minimum absolute atomic E-state index is 0.0323. The van der Waals surface area contributed by atoms with Gasteiger partial charge in [-0.1, -0.05) is 33.3 Å². The molecule has 1 saturated heterocycles. The number of ether oxygens (including phenoxy) is 2. The van der Waals surface area contributed by atoms with Gasteiger partial charge in [-0.05, 0) is 46.2 Å². The first-order valence-corrected chi connectivity index (χ1v) is 12.6. The predicted molar refractivity (Wildman–Crippen MR) is 140 cm³/mol. The van der Waals surface area contributed by atoms with Crippen LogP contribution >= 0.6 is 15.9 Å². The van der Waals surface area contributed by atoms with E-state index in [9.17, 15) is 9.18 Å². The van der Waals surface area contributed by atoms with Crippen molar-refractivity contribution in [1.29, 1.82) is 0 Å². The van der Waals surface area contributed by atoms with E-state index < -0.39 is 5.91 Å². The van der Waals surface area contributed by atoms with Crippen LogP contribution < -0.4 is 15.9 Å². The van der Waals surface area contributed by atoms with Gasteiger partial charge in [0.2, 0.25) is 11.6 Å². The SMILES string of the molecule is Nc1nonc1-n1nnc(CN2CCOCC2)c1C(=O)N/N=C\c1cc(Br)ccc1OCc1cccc(F)c1. The van der Waals surface area contributed by atoms with Crippen LogP contribution in [0.3, 0.4) is 0 Å². The number of amides is 1. The number of nitrogens with two attached hydrogens (primary N) is 1. The minimum Gasteiger partial charge on any atom is -0.488 e. The van der Waals surface area contributed by atoms with E-state index in [0.717, 1.165) is 4.47 Å². The van der Waals surface area contributed by atoms with Gasteiger partial charge in [-0.3, -0.25) is 9.69 Å². The highest BCUT2D eigenvalue weighted by molar-refractivity contribution is 9.10. The summed E-state index contributed by atoms with van der Waals surface area (Å²) in [5.74, 6) is -0.475. The van der Waals surface area contributed by atoms with E-state index in [1.807, 2.05) is 0 Å². The number of anilines is 1. The summed E-state index contributed by atoms with van der Waals surface area (Å²) in [5, 5.41) is 19.7. The lowest BCUT2D eigenvalue weighted by Crippen LogP contribution is -2.36. The van der Waals surface area contributed by atoms with Gasteiger partial charge in [0.1, 0.15) is 23.9 Å². The molecule has 4 aromatic rings. The van der Waals surface area contributed by atoms with Crippen LogP contribution in [-0.4, -0.2) is 68.6 Å². The molecule has 0 unspecified atom stereocenters. The van der Waals surface area contributed by atoms with Gasteiger partial charge in [-0.15, -0.1) is 5.10 Å². The molecule has 5 rings (SSSR count). The second-order valence-corrected chi connectivity index (χ2v) is 9.37. The number of halogens is 2. The summed E-state index contributed by atoms with van der Waals surface area (Å²) < 4.78 is 31.4. The van der Waals surface area contributed by atoms with Crippen molar-refractivity contribution in [2.24, 2.45) is 5.10 Å². The van der Waals surface area contributed by atoms with Gasteiger partial charge in [-0.2, -0.15) is 9.78 Å². The molecule has 13 nitrogen and oxygen atoms in total. The fourth-order valence-corrected chi connectivity index (χ4v) is 4.24. The molecule has 0 radical (unpaired) electrons. The van der Waals surface area contributed by atoms with Gasteiger partial charge in [0, 0.05) is 29.7 Å². The molecule has 2 aromatic heterocycles. The molecule has 39 heavy (non-hydrogen) atoms. The average molecular weight is 600 g/mol. The molecule has 1 fully saturated rings. The summed E-state index contributed by atoms with van der Waals surface area (Å²) in [6, 6.07) is 11.5. The molecule has 1 amide bonds. The van der Waals surface area contributed by atoms with Gasteiger partial charge in [0.05, 0.1) is 19.4 Å². The van der Waals surface area contributed by atoms with Gasteiger partial charge in [0.15, 0.2) is 5.69 Å². The Hall–Kier alpha value is -4.21. The van der Waals surface area contributed by atoms with Crippen LogP contribution in [0.2, 0.25) is 0 Å². The van der Waals surface area contributed by atoms with Crippen molar-refractivity contribution in [3.63, 3.8) is 0 Å². The number of hydrogen-bond acceptors (Lipinski definition) is 11. The minimum atomic E-state index is -0.598. The topological polar surface area (TPSA) is 159 Å².